The van der Waals surface area contributed by atoms with Crippen molar-refractivity contribution in [1.82, 2.24) is 19.1 Å². The Hall–Kier alpha value is -10.2. The van der Waals surface area contributed by atoms with E-state index in [0.717, 1.165) is 39.3 Å². The Morgan fingerprint density at radius 1 is 0.207 bits per heavy atom. The molecule has 0 saturated heterocycles. The molecule has 82 heavy (non-hydrogen) atoms. The normalized spacial score (nSPS) is 11.9. The highest BCUT2D eigenvalue weighted by Gasteiger charge is 2.46. The molecule has 0 aliphatic rings. The number of hydrogen-bond acceptors (Lipinski definition) is 2. The molecule has 0 bridgehead atoms. The monoisotopic (exact) mass is 1080 g/mol. The lowest BCUT2D eigenvalue weighted by atomic mass is 10.1. The van der Waals surface area contributed by atoms with E-state index in [1.807, 2.05) is 0 Å². The summed E-state index contributed by atoms with van der Waals surface area (Å²) < 4.78 is 4.69. The molecule has 12 aromatic carbocycles. The van der Waals surface area contributed by atoms with Crippen molar-refractivity contribution in [3.05, 3.63) is 328 Å². The zero-order valence-corrected chi connectivity index (χ0v) is 47.0. The van der Waals surface area contributed by atoms with Gasteiger partial charge in [-0.2, -0.15) is 0 Å². The Balaban J connectivity index is 1.13. The van der Waals surface area contributed by atoms with E-state index in [4.69, 9.17) is 9.97 Å². The van der Waals surface area contributed by atoms with Crippen molar-refractivity contribution in [2.24, 2.45) is 0 Å². The van der Waals surface area contributed by atoms with Gasteiger partial charge < -0.3 is 0 Å². The number of rotatable bonds is 12. The summed E-state index contributed by atoms with van der Waals surface area (Å²) in [6.45, 7) is 0. The van der Waals surface area contributed by atoms with Gasteiger partial charge in [-0.25, -0.2) is 9.97 Å². The molecule has 0 saturated carbocycles. The average Bonchev–Trinajstić information content (AvgIpc) is 2.68. The van der Waals surface area contributed by atoms with Crippen LogP contribution in [0, 0.1) is 0 Å². The van der Waals surface area contributed by atoms with Crippen LogP contribution in [0.3, 0.4) is 0 Å². The second-order valence-corrected chi connectivity index (χ2v) is 28.8. The topological polar surface area (TPSA) is 35.6 Å². The maximum atomic E-state index is 5.92. The second kappa shape index (κ2) is 20.4. The molecule has 0 aliphatic carbocycles. The molecule has 0 spiro atoms. The molecule has 0 atom stereocenters. The third-order valence-corrected chi connectivity index (χ3v) is 26.3. The predicted octanol–water partition coefficient (Wildman–Crippen LogP) is 12.8. The summed E-state index contributed by atoms with van der Waals surface area (Å²) in [6.07, 6.45) is 0. The van der Waals surface area contributed by atoms with Gasteiger partial charge in [0.1, 0.15) is 11.6 Å². The highest BCUT2D eigenvalue weighted by atomic mass is 28.3. The highest BCUT2D eigenvalue weighted by molar-refractivity contribution is 7.22. The SMILES string of the molecule is c1ccc(-c2cccc([Si](c3ccccc3)(c3ccccc3)c3cc(-c4nc(-n5c6ccccc6c6ccccc65)cc(-n5c6ccccc6c6ccccc65)n4)cc([Si](c4ccccc4)(c4ccccc4)c4ccccc4)c3)c2)cc1. The Kier molecular flexibility index (Phi) is 12.2. The van der Waals surface area contributed by atoms with Gasteiger partial charge in [-0.05, 0) is 76.9 Å². The van der Waals surface area contributed by atoms with Crippen LogP contribution in [-0.2, 0) is 0 Å². The molecule has 0 fully saturated rings. The summed E-state index contributed by atoms with van der Waals surface area (Å²) in [5.74, 6) is 2.21. The third kappa shape index (κ3) is 7.94. The van der Waals surface area contributed by atoms with Crippen LogP contribution in [0.2, 0.25) is 0 Å². The lowest BCUT2D eigenvalue weighted by molar-refractivity contribution is 0.994. The van der Waals surface area contributed by atoms with E-state index in [1.54, 1.807) is 0 Å². The smallest absolute Gasteiger partial charge is 0.179 e. The van der Waals surface area contributed by atoms with Crippen LogP contribution < -0.4 is 41.5 Å². The van der Waals surface area contributed by atoms with E-state index in [1.165, 1.54) is 74.2 Å². The first-order valence-electron chi connectivity index (χ1n) is 28.1. The van der Waals surface area contributed by atoms with Gasteiger partial charge in [0.25, 0.3) is 0 Å². The predicted molar refractivity (Wildman–Crippen MR) is 349 cm³/mol. The summed E-state index contributed by atoms with van der Waals surface area (Å²) >= 11 is 0. The second-order valence-electron chi connectivity index (χ2n) is 21.2. The molecule has 3 aromatic heterocycles. The number of para-hydroxylation sites is 4. The summed E-state index contributed by atoms with van der Waals surface area (Å²) in [5.41, 5.74) is 7.63. The van der Waals surface area contributed by atoms with Crippen LogP contribution in [0.25, 0.3) is 77.8 Å². The van der Waals surface area contributed by atoms with Crippen molar-refractivity contribution < 1.29 is 0 Å². The zero-order chi connectivity index (χ0) is 54.5. The summed E-state index contributed by atoms with van der Waals surface area (Å²) in [5, 5.41) is 14.9. The van der Waals surface area contributed by atoms with Crippen LogP contribution >= 0.6 is 0 Å². The fourth-order valence-electron chi connectivity index (χ4n) is 13.3. The minimum atomic E-state index is -3.36. The molecule has 386 valence electrons. The van der Waals surface area contributed by atoms with Gasteiger partial charge in [-0.1, -0.05) is 297 Å². The number of fused-ring (bicyclic) bond motifs is 6. The molecular weight excluding hydrogens is 1030 g/mol. The van der Waals surface area contributed by atoms with Crippen molar-refractivity contribution in [2.45, 2.75) is 0 Å². The van der Waals surface area contributed by atoms with Crippen LogP contribution in [0.4, 0.5) is 0 Å². The molecule has 0 radical (unpaired) electrons. The number of benzene rings is 12. The van der Waals surface area contributed by atoms with Crippen LogP contribution in [-0.4, -0.2) is 35.2 Å². The summed E-state index contributed by atoms with van der Waals surface area (Å²) in [6, 6.07) is 121. The lowest BCUT2D eigenvalue weighted by Gasteiger charge is -2.38. The molecule has 0 N–H and O–H groups in total. The number of aromatic nitrogens is 4. The van der Waals surface area contributed by atoms with Gasteiger partial charge in [-0.15, -0.1) is 0 Å². The third-order valence-electron chi connectivity index (χ3n) is 16.8. The molecule has 0 aliphatic heterocycles. The molecule has 0 unspecified atom stereocenters. The molecule has 15 rings (SSSR count). The molecule has 3 heterocycles. The zero-order valence-electron chi connectivity index (χ0n) is 45.0. The van der Waals surface area contributed by atoms with E-state index < -0.39 is 16.1 Å². The Labute approximate surface area is 479 Å². The first kappa shape index (κ1) is 48.8. The van der Waals surface area contributed by atoms with Crippen molar-refractivity contribution >= 4 is 101 Å². The van der Waals surface area contributed by atoms with E-state index in [2.05, 4.69) is 337 Å². The Bertz CT molecular complexity index is 4420. The highest BCUT2D eigenvalue weighted by Crippen LogP contribution is 2.36. The van der Waals surface area contributed by atoms with E-state index in [0.29, 0.717) is 5.82 Å². The molecule has 4 nitrogen and oxygen atoms in total. The van der Waals surface area contributed by atoms with Crippen molar-refractivity contribution in [2.75, 3.05) is 0 Å². The van der Waals surface area contributed by atoms with E-state index >= 15 is 0 Å². The van der Waals surface area contributed by atoms with E-state index in [-0.39, 0.29) is 0 Å². The van der Waals surface area contributed by atoms with Gasteiger partial charge in [0.15, 0.2) is 22.0 Å². The standard InChI is InChI=1S/C76H54N4Si2/c1-7-28-55(29-8-1)56-30-27-41-63(50-56)82(61-37-15-5-16-38-61,62-39-17-6-18-40-62)65-52-57(51-64(53-65)81(58-31-9-2-10-32-58,59-33-11-3-12-34-59)60-35-13-4-14-36-60)76-77-74(79-70-46-23-19-42-66(70)67-43-20-24-47-71(67)79)54-75(78-76)80-72-48-25-21-44-68(72)69-45-22-26-49-73(69)80/h1-54H. The van der Waals surface area contributed by atoms with Gasteiger partial charge in [-0.3, -0.25) is 9.13 Å². The fraction of sp³-hybridized carbons (Fsp3) is 0. The van der Waals surface area contributed by atoms with Crippen molar-refractivity contribution in [3.8, 4) is 34.2 Å². The van der Waals surface area contributed by atoms with Crippen LogP contribution in [0.15, 0.2) is 328 Å². The summed E-state index contributed by atoms with van der Waals surface area (Å²) in [7, 11) is -6.63. The Morgan fingerprint density at radius 3 is 0.854 bits per heavy atom. The largest absolute Gasteiger partial charge is 0.294 e. The van der Waals surface area contributed by atoms with Crippen molar-refractivity contribution in [1.29, 1.82) is 0 Å². The van der Waals surface area contributed by atoms with Crippen LogP contribution in [0.1, 0.15) is 0 Å². The Morgan fingerprint density at radius 2 is 0.488 bits per heavy atom. The van der Waals surface area contributed by atoms with Gasteiger partial charge in [0, 0.05) is 33.2 Å². The summed E-state index contributed by atoms with van der Waals surface area (Å²) in [4.78, 5) is 11.8. The number of hydrogen-bond donors (Lipinski definition) is 0. The molecular formula is C76H54N4Si2. The van der Waals surface area contributed by atoms with Gasteiger partial charge in [0.2, 0.25) is 0 Å². The maximum absolute atomic E-state index is 5.92. The quantitative estimate of drug-likeness (QED) is 0.0903. The minimum Gasteiger partial charge on any atom is -0.294 e. The number of nitrogens with zero attached hydrogens (tertiary/aromatic N) is 4. The molecule has 6 heteroatoms. The average molecular weight is 1080 g/mol. The van der Waals surface area contributed by atoms with Crippen LogP contribution in [0.5, 0.6) is 0 Å². The van der Waals surface area contributed by atoms with Gasteiger partial charge >= 0.3 is 0 Å². The molecule has 15 aromatic rings. The first-order valence-corrected chi connectivity index (χ1v) is 32.1. The maximum Gasteiger partial charge on any atom is 0.179 e. The van der Waals surface area contributed by atoms with Gasteiger partial charge in [0.05, 0.1) is 22.1 Å². The van der Waals surface area contributed by atoms with Crippen molar-refractivity contribution in [3.63, 3.8) is 0 Å². The lowest BCUT2D eigenvalue weighted by Crippen LogP contribution is -2.78. The minimum absolute atomic E-state index is 0.637. The first-order chi connectivity index (χ1) is 40.7. The molecule has 0 amide bonds. The van der Waals surface area contributed by atoms with E-state index in [9.17, 15) is 0 Å². The fourth-order valence-corrected chi connectivity index (χ4v) is 23.1.